The maximum atomic E-state index is 6.26. The highest BCUT2D eigenvalue weighted by Crippen LogP contribution is 2.24. The van der Waals surface area contributed by atoms with Crippen molar-refractivity contribution in [1.29, 1.82) is 0 Å². The van der Waals surface area contributed by atoms with Gasteiger partial charge in [-0.3, -0.25) is 0 Å². The number of thiocarbonyl (C=S) groups is 1. The number of benzene rings is 2. The van der Waals surface area contributed by atoms with Crippen molar-refractivity contribution in [3.63, 3.8) is 0 Å². The van der Waals surface area contributed by atoms with Gasteiger partial charge in [0.15, 0.2) is 0 Å². The molecule has 186 valence electrons. The third kappa shape index (κ3) is 12.0. The predicted octanol–water partition coefficient (Wildman–Crippen LogP) is 10.2. The van der Waals surface area contributed by atoms with E-state index < -0.39 is 0 Å². The molecule has 0 saturated heterocycles. The predicted molar refractivity (Wildman–Crippen MR) is 154 cm³/mol. The van der Waals surface area contributed by atoms with E-state index in [9.17, 15) is 0 Å². The fourth-order valence-corrected chi connectivity index (χ4v) is 4.48. The highest BCUT2D eigenvalue weighted by Gasteiger charge is 2.05. The Bertz CT molecular complexity index is 824. The molecule has 0 amide bonds. The molecule has 0 aliphatic carbocycles. The van der Waals surface area contributed by atoms with Crippen LogP contribution < -0.4 is 4.74 Å². The molecule has 0 aromatic heterocycles. The summed E-state index contributed by atoms with van der Waals surface area (Å²) in [6, 6.07) is 16.8. The van der Waals surface area contributed by atoms with Crippen LogP contribution in [0.4, 0.5) is 0 Å². The zero-order valence-electron chi connectivity index (χ0n) is 21.7. The summed E-state index contributed by atoms with van der Waals surface area (Å²) in [5.74, 6) is 0.987. The van der Waals surface area contributed by atoms with Gasteiger partial charge in [-0.05, 0) is 42.2 Å². The Balaban J connectivity index is 1.72. The maximum absolute atomic E-state index is 6.26. The monoisotopic (exact) mass is 478 g/mol. The van der Waals surface area contributed by atoms with Crippen molar-refractivity contribution in [1.82, 2.24) is 0 Å². The molecular weight excluding hydrogens is 432 g/mol. The second-order valence-corrected chi connectivity index (χ2v) is 9.86. The lowest BCUT2D eigenvalue weighted by atomic mass is 10.0. The van der Waals surface area contributed by atoms with Gasteiger partial charge in [0, 0.05) is 10.4 Å². The molecule has 2 heteroatoms. The van der Waals surface area contributed by atoms with E-state index in [1.54, 1.807) is 0 Å². The first-order valence-electron chi connectivity index (χ1n) is 13.8. The van der Waals surface area contributed by atoms with E-state index in [0.717, 1.165) is 47.6 Å². The number of hydrogen-bond acceptors (Lipinski definition) is 2. The summed E-state index contributed by atoms with van der Waals surface area (Å²) in [6.45, 7) is 5.30. The Kier molecular flexibility index (Phi) is 15.3. The Morgan fingerprint density at radius 3 is 1.97 bits per heavy atom. The van der Waals surface area contributed by atoms with Crippen molar-refractivity contribution in [3.05, 3.63) is 71.3 Å². The molecule has 2 aromatic rings. The molecule has 0 N–H and O–H groups in total. The zero-order valence-corrected chi connectivity index (χ0v) is 22.5. The van der Waals surface area contributed by atoms with E-state index in [1.807, 2.05) is 24.3 Å². The van der Waals surface area contributed by atoms with Crippen LogP contribution in [0.15, 0.2) is 54.6 Å². The van der Waals surface area contributed by atoms with Crippen molar-refractivity contribution in [2.45, 2.75) is 104 Å². The van der Waals surface area contributed by atoms with Gasteiger partial charge in [0.2, 0.25) is 0 Å². The molecule has 34 heavy (non-hydrogen) atoms. The standard InChI is InChI=1S/C32H46OS/c1-3-5-6-7-8-9-10-11-12-13-14-18-26-33-31-27-28(19-4-2)22-23-29(31)24-25-32(34)30-20-16-15-17-21-30/h15-17,20-25,27H,3-14,18-19,26H2,1-2H3. The van der Waals surface area contributed by atoms with Crippen LogP contribution in [0.5, 0.6) is 5.75 Å². The molecule has 0 fully saturated rings. The maximum Gasteiger partial charge on any atom is 0.126 e. The Morgan fingerprint density at radius 2 is 1.35 bits per heavy atom. The molecule has 0 aliphatic rings. The summed E-state index contributed by atoms with van der Waals surface area (Å²) >= 11 is 5.60. The largest absolute Gasteiger partial charge is 0.493 e. The highest BCUT2D eigenvalue weighted by atomic mass is 32.1. The van der Waals surface area contributed by atoms with E-state index in [0.29, 0.717) is 0 Å². The van der Waals surface area contributed by atoms with Crippen molar-refractivity contribution in [2.75, 3.05) is 6.61 Å². The number of rotatable bonds is 19. The van der Waals surface area contributed by atoms with Gasteiger partial charge in [0.25, 0.3) is 0 Å². The highest BCUT2D eigenvalue weighted by molar-refractivity contribution is 7.81. The summed E-state index contributed by atoms with van der Waals surface area (Å²) in [7, 11) is 0. The van der Waals surface area contributed by atoms with Crippen LogP contribution in [0.2, 0.25) is 0 Å². The molecule has 0 unspecified atom stereocenters. The van der Waals surface area contributed by atoms with Crippen LogP contribution in [0.3, 0.4) is 0 Å². The van der Waals surface area contributed by atoms with Crippen LogP contribution in [0.1, 0.15) is 114 Å². The third-order valence-electron chi connectivity index (χ3n) is 6.34. The molecule has 0 heterocycles. The van der Waals surface area contributed by atoms with Gasteiger partial charge in [-0.1, -0.05) is 146 Å². The van der Waals surface area contributed by atoms with Gasteiger partial charge in [0.05, 0.1) is 6.61 Å². The van der Waals surface area contributed by atoms with E-state index in [4.69, 9.17) is 17.0 Å². The molecule has 0 atom stereocenters. The van der Waals surface area contributed by atoms with Crippen LogP contribution in [-0.4, -0.2) is 11.5 Å². The molecule has 0 aliphatic heterocycles. The van der Waals surface area contributed by atoms with Gasteiger partial charge in [-0.15, -0.1) is 0 Å². The van der Waals surface area contributed by atoms with Crippen LogP contribution in [0.25, 0.3) is 6.08 Å². The number of ether oxygens (including phenoxy) is 1. The fraction of sp³-hybridized carbons (Fsp3) is 0.531. The van der Waals surface area contributed by atoms with Crippen molar-refractivity contribution < 1.29 is 4.74 Å². The van der Waals surface area contributed by atoms with Gasteiger partial charge in [0.1, 0.15) is 5.75 Å². The van der Waals surface area contributed by atoms with E-state index in [2.05, 4.69) is 50.3 Å². The second-order valence-electron chi connectivity index (χ2n) is 9.42. The SMILES string of the molecule is CCCCCCCCCCCCCCOc1cc(CCC)ccc1C=CC(=S)c1ccccc1. The van der Waals surface area contributed by atoms with Crippen LogP contribution in [0, 0.1) is 0 Å². The average Bonchev–Trinajstić information content (AvgIpc) is 2.87. The Hall–Kier alpha value is -1.93. The lowest BCUT2D eigenvalue weighted by Gasteiger charge is -2.12. The molecule has 0 radical (unpaired) electrons. The van der Waals surface area contributed by atoms with Gasteiger partial charge in [-0.2, -0.15) is 0 Å². The Morgan fingerprint density at radius 1 is 0.735 bits per heavy atom. The Labute approximate surface area is 215 Å². The van der Waals surface area contributed by atoms with Crippen molar-refractivity contribution >= 4 is 23.2 Å². The van der Waals surface area contributed by atoms with Gasteiger partial charge < -0.3 is 4.74 Å². The number of aryl methyl sites for hydroxylation is 1. The van der Waals surface area contributed by atoms with Crippen molar-refractivity contribution in [3.8, 4) is 5.75 Å². The first kappa shape index (κ1) is 28.3. The third-order valence-corrected chi connectivity index (χ3v) is 6.72. The quantitative estimate of drug-likeness (QED) is 0.0859. The fourth-order valence-electron chi connectivity index (χ4n) is 4.27. The lowest BCUT2D eigenvalue weighted by Crippen LogP contribution is -2.00. The number of allylic oxidation sites excluding steroid dienone is 1. The smallest absolute Gasteiger partial charge is 0.126 e. The summed E-state index contributed by atoms with van der Waals surface area (Å²) in [5, 5.41) is 0. The van der Waals surface area contributed by atoms with Gasteiger partial charge >= 0.3 is 0 Å². The topological polar surface area (TPSA) is 9.23 Å². The van der Waals surface area contributed by atoms with Gasteiger partial charge in [-0.25, -0.2) is 0 Å². The zero-order chi connectivity index (χ0) is 24.3. The minimum absolute atomic E-state index is 0.789. The molecule has 0 bridgehead atoms. The molecule has 1 nitrogen and oxygen atoms in total. The summed E-state index contributed by atoms with van der Waals surface area (Å²) in [5.41, 5.74) is 3.53. The lowest BCUT2D eigenvalue weighted by molar-refractivity contribution is 0.303. The molecule has 2 rings (SSSR count). The summed E-state index contributed by atoms with van der Waals surface area (Å²) < 4.78 is 6.26. The minimum atomic E-state index is 0.789. The molecule has 0 saturated carbocycles. The van der Waals surface area contributed by atoms with Crippen LogP contribution in [-0.2, 0) is 6.42 Å². The minimum Gasteiger partial charge on any atom is -0.493 e. The number of unbranched alkanes of at least 4 members (excludes halogenated alkanes) is 11. The first-order chi connectivity index (χ1) is 16.7. The number of hydrogen-bond donors (Lipinski definition) is 0. The van der Waals surface area contributed by atoms with Crippen molar-refractivity contribution in [2.24, 2.45) is 0 Å². The van der Waals surface area contributed by atoms with E-state index in [-0.39, 0.29) is 0 Å². The molecule has 0 spiro atoms. The average molecular weight is 479 g/mol. The second kappa shape index (κ2) is 18.4. The molecular formula is C32H46OS. The van der Waals surface area contributed by atoms with E-state index >= 15 is 0 Å². The molecule has 2 aromatic carbocycles. The first-order valence-corrected chi connectivity index (χ1v) is 14.2. The van der Waals surface area contributed by atoms with E-state index in [1.165, 1.54) is 76.2 Å². The van der Waals surface area contributed by atoms with Crippen LogP contribution >= 0.6 is 12.2 Å². The summed E-state index contributed by atoms with van der Waals surface area (Å²) in [6.07, 6.45) is 22.7. The normalized spacial score (nSPS) is 11.2. The summed E-state index contributed by atoms with van der Waals surface area (Å²) in [4.78, 5) is 0.852.